The zero-order valence-corrected chi connectivity index (χ0v) is 14.9. The van der Waals surface area contributed by atoms with E-state index in [4.69, 9.17) is 28.5 Å². The van der Waals surface area contributed by atoms with Crippen molar-refractivity contribution in [2.45, 2.75) is 11.3 Å². The number of hydrogen-bond acceptors (Lipinski definition) is 3. The molecule has 0 saturated heterocycles. The molecule has 0 atom stereocenters. The lowest BCUT2D eigenvalue weighted by Crippen LogP contribution is -2.31. The molecular weight excluding hydrogens is 367 g/mol. The maximum absolute atomic E-state index is 13.0. The largest absolute Gasteiger partial charge is 0.266 e. The summed E-state index contributed by atoms with van der Waals surface area (Å²) in [6, 6.07) is 13.0. The highest BCUT2D eigenvalue weighted by molar-refractivity contribution is 7.93. The Hall–Kier alpha value is -2.00. The highest BCUT2D eigenvalue weighted by Gasteiger charge is 2.26. The molecule has 4 nitrogen and oxygen atoms in total. The Morgan fingerprint density at radius 1 is 1.17 bits per heavy atom. The van der Waals surface area contributed by atoms with Crippen LogP contribution in [0, 0.1) is 11.3 Å². The fourth-order valence-corrected chi connectivity index (χ4v) is 4.30. The molecule has 7 heteroatoms. The van der Waals surface area contributed by atoms with Gasteiger partial charge < -0.3 is 0 Å². The van der Waals surface area contributed by atoms with Crippen molar-refractivity contribution < 1.29 is 8.42 Å². The van der Waals surface area contributed by atoms with E-state index in [1.54, 1.807) is 24.3 Å². The lowest BCUT2D eigenvalue weighted by atomic mass is 10.1. The summed E-state index contributed by atoms with van der Waals surface area (Å²) < 4.78 is 27.2. The van der Waals surface area contributed by atoms with Gasteiger partial charge in [0.05, 0.1) is 29.7 Å². The summed E-state index contributed by atoms with van der Waals surface area (Å²) in [6.07, 6.45) is 1.74. The number of sulfonamides is 1. The first-order valence-electron chi connectivity index (χ1n) is 6.94. The Kier molecular flexibility index (Phi) is 5.89. The van der Waals surface area contributed by atoms with E-state index in [2.05, 4.69) is 6.58 Å². The van der Waals surface area contributed by atoms with Gasteiger partial charge >= 0.3 is 0 Å². The molecule has 0 aliphatic carbocycles. The molecule has 0 amide bonds. The molecule has 0 unspecified atom stereocenters. The van der Waals surface area contributed by atoms with Gasteiger partial charge in [-0.1, -0.05) is 41.4 Å². The van der Waals surface area contributed by atoms with E-state index >= 15 is 0 Å². The van der Waals surface area contributed by atoms with Crippen molar-refractivity contribution in [2.24, 2.45) is 0 Å². The van der Waals surface area contributed by atoms with Crippen LogP contribution >= 0.6 is 23.2 Å². The maximum atomic E-state index is 13.0. The number of benzene rings is 2. The lowest BCUT2D eigenvalue weighted by Gasteiger charge is -2.24. The van der Waals surface area contributed by atoms with E-state index in [0.29, 0.717) is 5.69 Å². The van der Waals surface area contributed by atoms with E-state index in [9.17, 15) is 8.42 Å². The molecule has 2 rings (SSSR count). The summed E-state index contributed by atoms with van der Waals surface area (Å²) in [4.78, 5) is -0.0698. The molecule has 2 aromatic carbocycles. The third-order valence-corrected chi connectivity index (χ3v) is 5.77. The van der Waals surface area contributed by atoms with Gasteiger partial charge in [0.15, 0.2) is 0 Å². The fraction of sp³-hybridized carbons (Fsp3) is 0.118. The number of rotatable bonds is 6. The van der Waals surface area contributed by atoms with Gasteiger partial charge in [0, 0.05) is 5.02 Å². The number of hydrogen-bond donors (Lipinski definition) is 0. The van der Waals surface area contributed by atoms with Crippen molar-refractivity contribution in [1.29, 1.82) is 5.26 Å². The standard InChI is InChI=1S/C17H14Cl2N2O2S/c1-2-11-21(15-6-3-13(4-7-15)9-10-20)24(22,23)17-12-14(18)5-8-16(17)19/h2-8,12H,1,9,11H2. The summed E-state index contributed by atoms with van der Waals surface area (Å²) in [5.74, 6) is 0. The molecule has 0 heterocycles. The van der Waals surface area contributed by atoms with Crippen LogP contribution in [0.15, 0.2) is 60.0 Å². The highest BCUT2D eigenvalue weighted by atomic mass is 35.5. The van der Waals surface area contributed by atoms with Gasteiger partial charge in [0.1, 0.15) is 4.90 Å². The molecule has 2 aromatic rings. The monoisotopic (exact) mass is 380 g/mol. The predicted molar refractivity (Wildman–Crippen MR) is 96.9 cm³/mol. The van der Waals surface area contributed by atoms with Gasteiger partial charge in [0.25, 0.3) is 10.0 Å². The van der Waals surface area contributed by atoms with E-state index in [1.165, 1.54) is 28.6 Å². The lowest BCUT2D eigenvalue weighted by molar-refractivity contribution is 0.593. The van der Waals surface area contributed by atoms with Crippen LogP contribution in [0.5, 0.6) is 0 Å². The summed E-state index contributed by atoms with van der Waals surface area (Å²) >= 11 is 12.0. The first kappa shape index (κ1) is 18.3. The van der Waals surface area contributed by atoms with Crippen LogP contribution in [0.25, 0.3) is 0 Å². The molecule has 0 aliphatic rings. The zero-order chi connectivity index (χ0) is 17.7. The van der Waals surface area contributed by atoms with Crippen molar-refractivity contribution in [1.82, 2.24) is 0 Å². The Labute approximate surface area is 151 Å². The van der Waals surface area contributed by atoms with Crippen molar-refractivity contribution in [3.8, 4) is 6.07 Å². The van der Waals surface area contributed by atoms with Gasteiger partial charge in [-0.2, -0.15) is 5.26 Å². The SMILES string of the molecule is C=CCN(c1ccc(CC#N)cc1)S(=O)(=O)c1cc(Cl)ccc1Cl. The van der Waals surface area contributed by atoms with Crippen molar-refractivity contribution in [3.63, 3.8) is 0 Å². The molecule has 0 fully saturated rings. The number of anilines is 1. The zero-order valence-electron chi connectivity index (χ0n) is 12.6. The van der Waals surface area contributed by atoms with Crippen LogP contribution in [0.2, 0.25) is 10.0 Å². The first-order valence-corrected chi connectivity index (χ1v) is 9.14. The van der Waals surface area contributed by atoms with Crippen LogP contribution in [0.1, 0.15) is 5.56 Å². The minimum absolute atomic E-state index is 0.0698. The van der Waals surface area contributed by atoms with Crippen LogP contribution in [0.4, 0.5) is 5.69 Å². The molecule has 0 radical (unpaired) electrons. The van der Waals surface area contributed by atoms with Gasteiger partial charge in [0.2, 0.25) is 0 Å². The Morgan fingerprint density at radius 2 is 1.83 bits per heavy atom. The topological polar surface area (TPSA) is 61.2 Å². The van der Waals surface area contributed by atoms with Crippen molar-refractivity contribution in [2.75, 3.05) is 10.8 Å². The third-order valence-electron chi connectivity index (χ3n) is 3.26. The number of halogens is 2. The fourth-order valence-electron chi connectivity index (χ4n) is 2.12. The molecular formula is C17H14Cl2N2O2S. The van der Waals surface area contributed by atoms with E-state index < -0.39 is 10.0 Å². The molecule has 0 aliphatic heterocycles. The quantitative estimate of drug-likeness (QED) is 0.695. The van der Waals surface area contributed by atoms with Crippen LogP contribution in [-0.2, 0) is 16.4 Å². The van der Waals surface area contributed by atoms with Gasteiger partial charge in [-0.3, -0.25) is 4.31 Å². The number of nitriles is 1. The van der Waals surface area contributed by atoms with Crippen molar-refractivity contribution in [3.05, 3.63) is 70.7 Å². The average molecular weight is 381 g/mol. The van der Waals surface area contributed by atoms with Gasteiger partial charge in [-0.15, -0.1) is 6.58 Å². The maximum Gasteiger partial charge on any atom is 0.266 e. The second kappa shape index (κ2) is 7.71. The minimum Gasteiger partial charge on any atom is -0.262 e. The van der Waals surface area contributed by atoms with E-state index in [0.717, 1.165) is 5.56 Å². The Morgan fingerprint density at radius 3 is 2.42 bits per heavy atom. The molecule has 0 saturated carbocycles. The van der Waals surface area contributed by atoms with Crippen LogP contribution < -0.4 is 4.31 Å². The molecule has 0 bridgehead atoms. The molecule has 0 N–H and O–H groups in total. The summed E-state index contributed by atoms with van der Waals surface area (Å²) in [5.41, 5.74) is 1.26. The van der Waals surface area contributed by atoms with Crippen molar-refractivity contribution >= 4 is 38.9 Å². The predicted octanol–water partition coefficient (Wildman–Crippen LogP) is 4.44. The normalized spacial score (nSPS) is 10.9. The third kappa shape index (κ3) is 3.90. The molecule has 24 heavy (non-hydrogen) atoms. The first-order chi connectivity index (χ1) is 11.4. The summed E-state index contributed by atoms with van der Waals surface area (Å²) in [7, 11) is -3.91. The summed E-state index contributed by atoms with van der Waals surface area (Å²) in [6.45, 7) is 3.68. The summed E-state index contributed by atoms with van der Waals surface area (Å²) in [5, 5.41) is 9.09. The Balaban J connectivity index is 2.51. The molecule has 124 valence electrons. The molecule has 0 aromatic heterocycles. The van der Waals surface area contributed by atoms with Crippen LogP contribution in [-0.4, -0.2) is 15.0 Å². The number of nitrogens with zero attached hydrogens (tertiary/aromatic N) is 2. The highest BCUT2D eigenvalue weighted by Crippen LogP contribution is 2.30. The average Bonchev–Trinajstić information content (AvgIpc) is 2.56. The minimum atomic E-state index is -3.91. The van der Waals surface area contributed by atoms with Gasteiger partial charge in [-0.05, 0) is 35.9 Å². The van der Waals surface area contributed by atoms with E-state index in [1.807, 2.05) is 6.07 Å². The van der Waals surface area contributed by atoms with E-state index in [-0.39, 0.29) is 27.9 Å². The van der Waals surface area contributed by atoms with Crippen LogP contribution in [0.3, 0.4) is 0 Å². The Bertz CT molecular complexity index is 888. The second-order valence-electron chi connectivity index (χ2n) is 4.90. The smallest absolute Gasteiger partial charge is 0.262 e. The second-order valence-corrected chi connectivity index (χ2v) is 7.58. The van der Waals surface area contributed by atoms with Gasteiger partial charge in [-0.25, -0.2) is 8.42 Å². The molecule has 0 spiro atoms.